The van der Waals surface area contributed by atoms with E-state index in [-0.39, 0.29) is 11.9 Å². The SMILES string of the molecule is Cc1ccc(C2(C(=O)NCC(N)C3CC3)CCOCC2)cc1. The summed E-state index contributed by atoms with van der Waals surface area (Å²) in [6, 6.07) is 8.42. The predicted molar refractivity (Wildman–Crippen MR) is 86.6 cm³/mol. The van der Waals surface area contributed by atoms with Gasteiger partial charge in [-0.05, 0) is 44.1 Å². The fourth-order valence-corrected chi connectivity index (χ4v) is 3.31. The van der Waals surface area contributed by atoms with Crippen molar-refractivity contribution in [1.82, 2.24) is 5.32 Å². The van der Waals surface area contributed by atoms with Gasteiger partial charge in [-0.2, -0.15) is 0 Å². The van der Waals surface area contributed by atoms with Crippen LogP contribution in [0.1, 0.15) is 36.8 Å². The second-order valence-electron chi connectivity index (χ2n) is 6.77. The van der Waals surface area contributed by atoms with Gasteiger partial charge in [0.1, 0.15) is 0 Å². The number of carbonyl (C=O) groups excluding carboxylic acids is 1. The predicted octanol–water partition coefficient (Wildman–Crippen LogP) is 1.90. The van der Waals surface area contributed by atoms with Crippen molar-refractivity contribution in [3.8, 4) is 0 Å². The van der Waals surface area contributed by atoms with E-state index >= 15 is 0 Å². The van der Waals surface area contributed by atoms with Gasteiger partial charge in [-0.25, -0.2) is 0 Å². The van der Waals surface area contributed by atoms with Crippen LogP contribution in [0.4, 0.5) is 0 Å². The summed E-state index contributed by atoms with van der Waals surface area (Å²) in [4.78, 5) is 12.9. The van der Waals surface area contributed by atoms with E-state index in [4.69, 9.17) is 10.5 Å². The first kappa shape index (κ1) is 15.5. The number of aryl methyl sites for hydroxylation is 1. The summed E-state index contributed by atoms with van der Waals surface area (Å²) in [6.07, 6.45) is 3.88. The van der Waals surface area contributed by atoms with Gasteiger partial charge in [-0.1, -0.05) is 29.8 Å². The summed E-state index contributed by atoms with van der Waals surface area (Å²) in [5.74, 6) is 0.709. The Morgan fingerprint density at radius 2 is 1.95 bits per heavy atom. The minimum atomic E-state index is -0.463. The highest BCUT2D eigenvalue weighted by molar-refractivity contribution is 5.88. The van der Waals surface area contributed by atoms with Gasteiger partial charge < -0.3 is 15.8 Å². The lowest BCUT2D eigenvalue weighted by molar-refractivity contribution is -0.130. The lowest BCUT2D eigenvalue weighted by Crippen LogP contribution is -2.50. The number of hydrogen-bond acceptors (Lipinski definition) is 3. The first-order valence-electron chi connectivity index (χ1n) is 8.30. The number of nitrogens with one attached hydrogen (secondary N) is 1. The van der Waals surface area contributed by atoms with E-state index in [0.29, 0.717) is 25.7 Å². The van der Waals surface area contributed by atoms with E-state index in [2.05, 4.69) is 36.5 Å². The minimum Gasteiger partial charge on any atom is -0.381 e. The van der Waals surface area contributed by atoms with Crippen LogP contribution in [0.5, 0.6) is 0 Å². The summed E-state index contributed by atoms with van der Waals surface area (Å²) < 4.78 is 5.49. The number of hydrogen-bond donors (Lipinski definition) is 2. The van der Waals surface area contributed by atoms with Gasteiger partial charge in [-0.3, -0.25) is 4.79 Å². The molecule has 2 fully saturated rings. The van der Waals surface area contributed by atoms with E-state index in [1.165, 1.54) is 18.4 Å². The quantitative estimate of drug-likeness (QED) is 0.873. The summed E-state index contributed by atoms with van der Waals surface area (Å²) in [7, 11) is 0. The molecule has 1 amide bonds. The number of amides is 1. The maximum Gasteiger partial charge on any atom is 0.230 e. The molecule has 1 aliphatic carbocycles. The van der Waals surface area contributed by atoms with E-state index in [1.54, 1.807) is 0 Å². The van der Waals surface area contributed by atoms with Gasteiger partial charge in [0.05, 0.1) is 5.41 Å². The van der Waals surface area contributed by atoms with E-state index in [9.17, 15) is 4.79 Å². The topological polar surface area (TPSA) is 64.4 Å². The molecular formula is C18H26N2O2. The van der Waals surface area contributed by atoms with Crippen molar-refractivity contribution in [2.75, 3.05) is 19.8 Å². The van der Waals surface area contributed by atoms with Crippen molar-refractivity contribution in [3.05, 3.63) is 35.4 Å². The third-order valence-corrected chi connectivity index (χ3v) is 5.11. The molecule has 1 saturated heterocycles. The second-order valence-corrected chi connectivity index (χ2v) is 6.77. The van der Waals surface area contributed by atoms with Gasteiger partial charge in [0.15, 0.2) is 0 Å². The number of benzene rings is 1. The molecular weight excluding hydrogens is 276 g/mol. The molecule has 1 aromatic carbocycles. The molecule has 1 aliphatic heterocycles. The van der Waals surface area contributed by atoms with Gasteiger partial charge >= 0.3 is 0 Å². The average molecular weight is 302 g/mol. The van der Waals surface area contributed by atoms with Crippen molar-refractivity contribution >= 4 is 5.91 Å². The fourth-order valence-electron chi connectivity index (χ4n) is 3.31. The smallest absolute Gasteiger partial charge is 0.230 e. The van der Waals surface area contributed by atoms with Gasteiger partial charge in [0.25, 0.3) is 0 Å². The largest absolute Gasteiger partial charge is 0.381 e. The number of carbonyl (C=O) groups is 1. The molecule has 2 aliphatic rings. The van der Waals surface area contributed by atoms with Crippen molar-refractivity contribution in [3.63, 3.8) is 0 Å². The summed E-state index contributed by atoms with van der Waals surface area (Å²) in [5.41, 5.74) is 7.96. The maximum atomic E-state index is 12.9. The Balaban J connectivity index is 1.75. The Kier molecular flexibility index (Phi) is 4.50. The zero-order valence-electron chi connectivity index (χ0n) is 13.3. The normalized spacial score (nSPS) is 22.1. The molecule has 1 saturated carbocycles. The van der Waals surface area contributed by atoms with E-state index < -0.39 is 5.41 Å². The minimum absolute atomic E-state index is 0.0962. The van der Waals surface area contributed by atoms with Crippen molar-refractivity contribution < 1.29 is 9.53 Å². The van der Waals surface area contributed by atoms with Crippen LogP contribution in [0.2, 0.25) is 0 Å². The Morgan fingerprint density at radius 1 is 1.32 bits per heavy atom. The van der Waals surface area contributed by atoms with Crippen LogP contribution >= 0.6 is 0 Å². The average Bonchev–Trinajstić information content (AvgIpc) is 3.38. The lowest BCUT2D eigenvalue weighted by atomic mass is 9.73. The van der Waals surface area contributed by atoms with Gasteiger partial charge in [0.2, 0.25) is 5.91 Å². The summed E-state index contributed by atoms with van der Waals surface area (Å²) in [6.45, 7) is 3.92. The molecule has 4 heteroatoms. The standard InChI is InChI=1S/C18H26N2O2/c1-13-2-6-15(7-3-13)18(8-10-22-11-9-18)17(21)20-12-16(19)14-4-5-14/h2-3,6-7,14,16H,4-5,8-12,19H2,1H3,(H,20,21). The van der Waals surface area contributed by atoms with E-state index in [0.717, 1.165) is 18.4 Å². The first-order valence-corrected chi connectivity index (χ1v) is 8.30. The van der Waals surface area contributed by atoms with Crippen LogP contribution in [0.3, 0.4) is 0 Å². The highest BCUT2D eigenvalue weighted by atomic mass is 16.5. The highest BCUT2D eigenvalue weighted by Gasteiger charge is 2.42. The third-order valence-electron chi connectivity index (χ3n) is 5.11. The Labute approximate surface area is 132 Å². The van der Waals surface area contributed by atoms with Crippen LogP contribution in [0.15, 0.2) is 24.3 Å². The molecule has 1 aromatic rings. The zero-order valence-corrected chi connectivity index (χ0v) is 13.3. The van der Waals surface area contributed by atoms with Crippen molar-refractivity contribution in [2.45, 2.75) is 44.1 Å². The summed E-state index contributed by atoms with van der Waals surface area (Å²) in [5, 5.41) is 3.11. The Morgan fingerprint density at radius 3 is 2.55 bits per heavy atom. The monoisotopic (exact) mass is 302 g/mol. The molecule has 1 atom stereocenters. The maximum absolute atomic E-state index is 12.9. The van der Waals surface area contributed by atoms with Crippen LogP contribution in [-0.2, 0) is 14.9 Å². The van der Waals surface area contributed by atoms with Crippen molar-refractivity contribution in [1.29, 1.82) is 0 Å². The van der Waals surface area contributed by atoms with Gasteiger partial charge in [0, 0.05) is 25.8 Å². The third kappa shape index (κ3) is 3.18. The Hall–Kier alpha value is -1.39. The molecule has 1 heterocycles. The van der Waals surface area contributed by atoms with Gasteiger partial charge in [-0.15, -0.1) is 0 Å². The molecule has 120 valence electrons. The molecule has 3 N–H and O–H groups in total. The number of ether oxygens (including phenoxy) is 1. The molecule has 22 heavy (non-hydrogen) atoms. The molecule has 0 bridgehead atoms. The van der Waals surface area contributed by atoms with Crippen LogP contribution in [0, 0.1) is 12.8 Å². The molecule has 4 nitrogen and oxygen atoms in total. The number of rotatable bonds is 5. The molecule has 0 spiro atoms. The van der Waals surface area contributed by atoms with Crippen LogP contribution < -0.4 is 11.1 Å². The lowest BCUT2D eigenvalue weighted by Gasteiger charge is -2.36. The molecule has 0 radical (unpaired) electrons. The zero-order chi connectivity index (χ0) is 15.6. The second kappa shape index (κ2) is 6.39. The van der Waals surface area contributed by atoms with Crippen LogP contribution in [-0.4, -0.2) is 31.7 Å². The fraction of sp³-hybridized carbons (Fsp3) is 0.611. The van der Waals surface area contributed by atoms with Crippen molar-refractivity contribution in [2.24, 2.45) is 11.7 Å². The Bertz CT molecular complexity index is 516. The molecule has 1 unspecified atom stereocenters. The highest BCUT2D eigenvalue weighted by Crippen LogP contribution is 2.36. The number of nitrogens with two attached hydrogens (primary N) is 1. The first-order chi connectivity index (χ1) is 10.6. The van der Waals surface area contributed by atoms with Crippen LogP contribution in [0.25, 0.3) is 0 Å². The van der Waals surface area contributed by atoms with E-state index in [1.807, 2.05) is 0 Å². The molecule has 0 aromatic heterocycles. The molecule has 3 rings (SSSR count). The summed E-state index contributed by atoms with van der Waals surface area (Å²) >= 11 is 0.